The number of amides is 1. The summed E-state index contributed by atoms with van der Waals surface area (Å²) in [5.41, 5.74) is 1.10. The zero-order chi connectivity index (χ0) is 25.9. The van der Waals surface area contributed by atoms with Gasteiger partial charge in [-0.05, 0) is 35.4 Å². The SMILES string of the molecule is CBc1ccc(Oc2ccc(C(F)(F)F)c(CC(=O)O)c2)c(CN2C[C@H](c3ccccc3)OC2=O)c1. The summed E-state index contributed by atoms with van der Waals surface area (Å²) >= 11 is 0. The van der Waals surface area contributed by atoms with Crippen LogP contribution in [0.4, 0.5) is 18.0 Å². The maximum atomic E-state index is 13.3. The monoisotopic (exact) mass is 497 g/mol. The molecule has 6 nitrogen and oxygen atoms in total. The van der Waals surface area contributed by atoms with Gasteiger partial charge in [-0.3, -0.25) is 9.69 Å². The third-order valence-corrected chi connectivity index (χ3v) is 5.90. The van der Waals surface area contributed by atoms with Crippen molar-refractivity contribution in [2.24, 2.45) is 0 Å². The molecule has 3 aromatic rings. The second kappa shape index (κ2) is 10.4. The predicted octanol–water partition coefficient (Wildman–Crippen LogP) is 4.93. The molecule has 0 bridgehead atoms. The summed E-state index contributed by atoms with van der Waals surface area (Å²) in [5, 5.41) is 9.07. The van der Waals surface area contributed by atoms with Crippen molar-refractivity contribution in [2.75, 3.05) is 6.54 Å². The fraction of sp³-hybridized carbons (Fsp3) is 0.231. The van der Waals surface area contributed by atoms with Gasteiger partial charge in [0.05, 0.1) is 25.1 Å². The molecule has 36 heavy (non-hydrogen) atoms. The van der Waals surface area contributed by atoms with Gasteiger partial charge < -0.3 is 14.6 Å². The van der Waals surface area contributed by atoms with Crippen LogP contribution in [0, 0.1) is 0 Å². The summed E-state index contributed by atoms with van der Waals surface area (Å²) in [6.45, 7) is 2.48. The number of hydrogen-bond donors (Lipinski definition) is 1. The number of hydrogen-bond acceptors (Lipinski definition) is 4. The number of nitrogens with zero attached hydrogens (tertiary/aromatic N) is 1. The van der Waals surface area contributed by atoms with Crippen LogP contribution in [0.5, 0.6) is 11.5 Å². The predicted molar refractivity (Wildman–Crippen MR) is 128 cm³/mol. The van der Waals surface area contributed by atoms with Crippen molar-refractivity contribution in [3.8, 4) is 11.5 Å². The Labute approximate surface area is 206 Å². The number of benzene rings is 3. The Bertz CT molecular complexity index is 1270. The molecule has 1 amide bonds. The number of carbonyl (C=O) groups excluding carboxylic acids is 1. The van der Waals surface area contributed by atoms with Gasteiger partial charge >= 0.3 is 18.2 Å². The van der Waals surface area contributed by atoms with Crippen LogP contribution in [0.2, 0.25) is 6.82 Å². The summed E-state index contributed by atoms with van der Waals surface area (Å²) < 4.78 is 51.5. The van der Waals surface area contributed by atoms with E-state index in [2.05, 4.69) is 0 Å². The van der Waals surface area contributed by atoms with Gasteiger partial charge in [-0.1, -0.05) is 54.8 Å². The first-order chi connectivity index (χ1) is 17.1. The zero-order valence-electron chi connectivity index (χ0n) is 19.4. The molecule has 0 aromatic heterocycles. The summed E-state index contributed by atoms with van der Waals surface area (Å²) in [6, 6.07) is 17.8. The number of carboxylic acid groups (broad SMARTS) is 1. The smallest absolute Gasteiger partial charge is 0.416 e. The molecule has 1 aliphatic heterocycles. The van der Waals surface area contributed by atoms with Crippen LogP contribution >= 0.6 is 0 Å². The van der Waals surface area contributed by atoms with Crippen LogP contribution in [0.25, 0.3) is 0 Å². The number of cyclic esters (lactones) is 1. The number of rotatable bonds is 8. The van der Waals surface area contributed by atoms with Crippen molar-refractivity contribution >= 4 is 24.8 Å². The average Bonchev–Trinajstić information content (AvgIpc) is 3.20. The maximum Gasteiger partial charge on any atom is 0.416 e. The standard InChI is InChI=1S/C26H23BF3NO5/c1-27-19-7-10-22(35-20-8-9-21(26(28,29)30)17(12-20)13-24(32)33)18(11-19)14-31-15-23(36-25(31)34)16-5-3-2-4-6-16/h2-12,23,27H,13-15H2,1H3,(H,32,33)/t23-/m1/s1. The highest BCUT2D eigenvalue weighted by molar-refractivity contribution is 6.51. The molecule has 0 radical (unpaired) electrons. The minimum atomic E-state index is -4.69. The Kier molecular flexibility index (Phi) is 7.23. The molecule has 0 aliphatic carbocycles. The summed E-state index contributed by atoms with van der Waals surface area (Å²) in [7, 11) is 0.730. The Morgan fingerprint density at radius 3 is 2.53 bits per heavy atom. The molecule has 10 heteroatoms. The van der Waals surface area contributed by atoms with E-state index in [0.717, 1.165) is 36.5 Å². The van der Waals surface area contributed by atoms with Crippen LogP contribution in [-0.2, 0) is 28.7 Å². The number of alkyl halides is 3. The molecule has 0 saturated carbocycles. The Balaban J connectivity index is 1.60. The van der Waals surface area contributed by atoms with Crippen LogP contribution in [-0.4, -0.2) is 35.9 Å². The summed E-state index contributed by atoms with van der Waals surface area (Å²) in [4.78, 5) is 25.2. The topological polar surface area (TPSA) is 76.1 Å². The molecule has 0 spiro atoms. The minimum absolute atomic E-state index is 0.0657. The van der Waals surface area contributed by atoms with Crippen molar-refractivity contribution in [3.05, 3.63) is 89.0 Å². The molecule has 1 saturated heterocycles. The number of halogens is 3. The molecule has 3 aromatic carbocycles. The third-order valence-electron chi connectivity index (χ3n) is 5.90. The number of carboxylic acids is 1. The van der Waals surface area contributed by atoms with Gasteiger partial charge in [0.2, 0.25) is 0 Å². The highest BCUT2D eigenvalue weighted by Crippen LogP contribution is 2.36. The van der Waals surface area contributed by atoms with Crippen molar-refractivity contribution in [2.45, 2.75) is 32.1 Å². The van der Waals surface area contributed by atoms with E-state index in [0.29, 0.717) is 17.9 Å². The van der Waals surface area contributed by atoms with E-state index in [4.69, 9.17) is 14.6 Å². The van der Waals surface area contributed by atoms with E-state index in [1.54, 1.807) is 11.0 Å². The first kappa shape index (κ1) is 25.2. The number of aliphatic carboxylic acids is 1. The van der Waals surface area contributed by atoms with E-state index < -0.39 is 41.9 Å². The van der Waals surface area contributed by atoms with Gasteiger partial charge in [0.1, 0.15) is 17.6 Å². The van der Waals surface area contributed by atoms with Gasteiger partial charge in [0, 0.05) is 5.56 Å². The quantitative estimate of drug-likeness (QED) is 0.447. The fourth-order valence-electron chi connectivity index (χ4n) is 4.11. The van der Waals surface area contributed by atoms with Gasteiger partial charge in [-0.2, -0.15) is 13.2 Å². The fourth-order valence-corrected chi connectivity index (χ4v) is 4.11. The third kappa shape index (κ3) is 5.81. The maximum absolute atomic E-state index is 13.3. The van der Waals surface area contributed by atoms with E-state index >= 15 is 0 Å². The van der Waals surface area contributed by atoms with Crippen LogP contribution < -0.4 is 10.2 Å². The van der Waals surface area contributed by atoms with E-state index in [1.165, 1.54) is 0 Å². The van der Waals surface area contributed by atoms with Crippen LogP contribution in [0.15, 0.2) is 66.7 Å². The lowest BCUT2D eigenvalue weighted by Crippen LogP contribution is -2.25. The Morgan fingerprint density at radius 1 is 1.11 bits per heavy atom. The van der Waals surface area contributed by atoms with E-state index in [9.17, 15) is 22.8 Å². The molecular weight excluding hydrogens is 474 g/mol. The molecule has 1 atom stereocenters. The van der Waals surface area contributed by atoms with E-state index in [-0.39, 0.29) is 12.3 Å². The lowest BCUT2D eigenvalue weighted by Gasteiger charge is -2.18. The highest BCUT2D eigenvalue weighted by Gasteiger charge is 2.35. The Hall–Kier alpha value is -3.95. The molecule has 1 N–H and O–H groups in total. The molecule has 1 aliphatic rings. The second-order valence-electron chi connectivity index (χ2n) is 8.45. The molecule has 186 valence electrons. The lowest BCUT2D eigenvalue weighted by molar-refractivity contribution is -0.139. The second-order valence-corrected chi connectivity index (χ2v) is 8.45. The van der Waals surface area contributed by atoms with Crippen molar-refractivity contribution in [1.82, 2.24) is 4.90 Å². The molecule has 1 heterocycles. The van der Waals surface area contributed by atoms with Crippen molar-refractivity contribution < 1.29 is 37.3 Å². The summed E-state index contributed by atoms with van der Waals surface area (Å²) in [6.07, 6.45) is -6.38. The Morgan fingerprint density at radius 2 is 1.86 bits per heavy atom. The molecular formula is C26H23BF3NO5. The average molecular weight is 497 g/mol. The normalized spacial score (nSPS) is 15.5. The van der Waals surface area contributed by atoms with E-state index in [1.807, 2.05) is 49.3 Å². The lowest BCUT2D eigenvalue weighted by atomic mass is 9.73. The first-order valence-electron chi connectivity index (χ1n) is 11.4. The first-order valence-corrected chi connectivity index (χ1v) is 11.4. The van der Waals surface area contributed by atoms with Gasteiger partial charge in [0.25, 0.3) is 0 Å². The zero-order valence-corrected chi connectivity index (χ0v) is 19.4. The molecule has 0 unspecified atom stereocenters. The summed E-state index contributed by atoms with van der Waals surface area (Å²) in [5.74, 6) is -0.966. The van der Waals surface area contributed by atoms with Crippen LogP contribution in [0.3, 0.4) is 0 Å². The van der Waals surface area contributed by atoms with Gasteiger partial charge in [-0.25, -0.2) is 4.79 Å². The van der Waals surface area contributed by atoms with Gasteiger partial charge in [0.15, 0.2) is 7.28 Å². The number of carbonyl (C=O) groups is 2. The van der Waals surface area contributed by atoms with Crippen LogP contribution in [0.1, 0.15) is 28.4 Å². The minimum Gasteiger partial charge on any atom is -0.481 e. The highest BCUT2D eigenvalue weighted by atomic mass is 19.4. The molecule has 1 fully saturated rings. The van der Waals surface area contributed by atoms with Gasteiger partial charge in [-0.15, -0.1) is 0 Å². The number of ether oxygens (including phenoxy) is 2. The largest absolute Gasteiger partial charge is 0.481 e. The molecule has 4 rings (SSSR count). The van der Waals surface area contributed by atoms with Crippen molar-refractivity contribution in [3.63, 3.8) is 0 Å². The van der Waals surface area contributed by atoms with Crippen molar-refractivity contribution in [1.29, 1.82) is 0 Å².